The van der Waals surface area contributed by atoms with Crippen molar-refractivity contribution in [1.82, 2.24) is 19.8 Å². The normalized spacial score (nSPS) is 14.9. The topological polar surface area (TPSA) is 133 Å². The second-order valence-electron chi connectivity index (χ2n) is 6.82. The van der Waals surface area contributed by atoms with E-state index in [1.807, 2.05) is 0 Å². The van der Waals surface area contributed by atoms with Crippen molar-refractivity contribution in [3.05, 3.63) is 29.4 Å². The van der Waals surface area contributed by atoms with E-state index < -0.39 is 15.9 Å². The van der Waals surface area contributed by atoms with Crippen LogP contribution < -0.4 is 14.8 Å². The fraction of sp³-hybridized carbons (Fsp3) is 0.526. The van der Waals surface area contributed by atoms with Crippen molar-refractivity contribution in [2.45, 2.75) is 24.7 Å². The highest BCUT2D eigenvalue weighted by Gasteiger charge is 2.30. The number of nitrogens with zero attached hydrogens (tertiary/aromatic N) is 3. The number of carbonyl (C=O) groups is 1. The van der Waals surface area contributed by atoms with Gasteiger partial charge in [0.15, 0.2) is 17.3 Å². The van der Waals surface area contributed by atoms with Gasteiger partial charge in [0.1, 0.15) is 0 Å². The van der Waals surface area contributed by atoms with Crippen LogP contribution >= 0.6 is 0 Å². The van der Waals surface area contributed by atoms with Gasteiger partial charge in [0.25, 0.3) is 5.91 Å². The molecule has 1 amide bonds. The Morgan fingerprint density at radius 2 is 1.97 bits per heavy atom. The van der Waals surface area contributed by atoms with Crippen LogP contribution in [0.25, 0.3) is 0 Å². The Bertz CT molecular complexity index is 1020. The lowest BCUT2D eigenvalue weighted by atomic mass is 10.1. The molecule has 0 saturated carbocycles. The van der Waals surface area contributed by atoms with Gasteiger partial charge in [-0.1, -0.05) is 5.16 Å². The minimum atomic E-state index is -3.82. The van der Waals surface area contributed by atoms with Gasteiger partial charge in [0.05, 0.1) is 37.9 Å². The summed E-state index contributed by atoms with van der Waals surface area (Å²) in [6.45, 7) is 3.18. The Hall–Kier alpha value is -2.70. The molecule has 1 N–H and O–H groups in total. The van der Waals surface area contributed by atoms with Crippen molar-refractivity contribution >= 4 is 15.9 Å². The number of nitrogens with one attached hydrogen (secondary N) is 1. The van der Waals surface area contributed by atoms with Crippen molar-refractivity contribution < 1.29 is 31.9 Å². The molecule has 11 nitrogen and oxygen atoms in total. The number of sulfonamides is 1. The molecule has 0 radical (unpaired) electrons. The summed E-state index contributed by atoms with van der Waals surface area (Å²) >= 11 is 0. The fourth-order valence-electron chi connectivity index (χ4n) is 3.17. The molecular formula is C19H26N4O7S. The number of benzene rings is 1. The Labute approximate surface area is 180 Å². The molecule has 1 saturated heterocycles. The van der Waals surface area contributed by atoms with Crippen molar-refractivity contribution in [2.24, 2.45) is 0 Å². The van der Waals surface area contributed by atoms with E-state index in [4.69, 9.17) is 18.7 Å². The number of hydrogen-bond donors (Lipinski definition) is 1. The van der Waals surface area contributed by atoms with E-state index in [2.05, 4.69) is 15.5 Å². The molecule has 0 atom stereocenters. The highest BCUT2D eigenvalue weighted by Crippen LogP contribution is 2.35. The molecule has 0 unspecified atom stereocenters. The van der Waals surface area contributed by atoms with Gasteiger partial charge < -0.3 is 24.1 Å². The second kappa shape index (κ2) is 10.1. The first-order chi connectivity index (χ1) is 14.9. The lowest BCUT2D eigenvalue weighted by Gasteiger charge is -2.26. The molecule has 2 aromatic rings. The van der Waals surface area contributed by atoms with Crippen LogP contribution in [0.5, 0.6) is 11.5 Å². The highest BCUT2D eigenvalue weighted by atomic mass is 32.2. The molecule has 1 aliphatic rings. The maximum Gasteiger partial charge on any atom is 0.255 e. The number of hydrogen-bond acceptors (Lipinski definition) is 9. The Kier molecular flexibility index (Phi) is 7.46. The van der Waals surface area contributed by atoms with E-state index in [0.29, 0.717) is 44.3 Å². The lowest BCUT2D eigenvalue weighted by Crippen LogP contribution is -2.40. The first-order valence-electron chi connectivity index (χ1n) is 9.78. The number of aryl methyl sites for hydroxylation is 2. The average molecular weight is 455 g/mol. The third kappa shape index (κ3) is 5.32. The predicted octanol–water partition coefficient (Wildman–Crippen LogP) is 0.779. The number of aromatic nitrogens is 2. The van der Waals surface area contributed by atoms with Crippen LogP contribution in [-0.4, -0.2) is 75.8 Å². The quantitative estimate of drug-likeness (QED) is 0.546. The maximum absolute atomic E-state index is 13.1. The summed E-state index contributed by atoms with van der Waals surface area (Å²) in [5.74, 6) is 0.881. The fourth-order valence-corrected chi connectivity index (χ4v) is 4.62. The van der Waals surface area contributed by atoms with E-state index in [1.165, 1.54) is 30.7 Å². The van der Waals surface area contributed by atoms with Crippen molar-refractivity contribution in [3.8, 4) is 11.5 Å². The molecule has 1 fully saturated rings. The van der Waals surface area contributed by atoms with Crippen LogP contribution in [0.15, 0.2) is 21.6 Å². The first-order valence-corrected chi connectivity index (χ1v) is 11.2. The number of morpholine rings is 1. The van der Waals surface area contributed by atoms with Gasteiger partial charge in [-0.3, -0.25) is 4.79 Å². The lowest BCUT2D eigenvalue weighted by molar-refractivity contribution is 0.0730. The molecule has 0 bridgehead atoms. The molecule has 1 aromatic carbocycles. The Morgan fingerprint density at radius 3 is 2.58 bits per heavy atom. The standard InChI is InChI=1S/C19H26N4O7S/c1-13-21-17(30-22-13)5-4-6-20-19(24)15-11-14(12-16(27-2)18(15)28-3)31(25,26)23-7-9-29-10-8-23/h11-12H,4-10H2,1-3H3,(H,20,24). The Morgan fingerprint density at radius 1 is 1.23 bits per heavy atom. The third-order valence-electron chi connectivity index (χ3n) is 4.73. The van der Waals surface area contributed by atoms with E-state index >= 15 is 0 Å². The number of amides is 1. The minimum Gasteiger partial charge on any atom is -0.493 e. The summed E-state index contributed by atoms with van der Waals surface area (Å²) < 4.78 is 48.4. The van der Waals surface area contributed by atoms with E-state index in [0.717, 1.165) is 0 Å². The summed E-state index contributed by atoms with van der Waals surface area (Å²) in [6, 6.07) is 2.67. The smallest absolute Gasteiger partial charge is 0.255 e. The molecule has 1 aliphatic heterocycles. The van der Waals surface area contributed by atoms with Gasteiger partial charge in [0.2, 0.25) is 15.9 Å². The summed E-state index contributed by atoms with van der Waals surface area (Å²) in [6.07, 6.45) is 1.08. The summed E-state index contributed by atoms with van der Waals surface area (Å²) in [7, 11) is -1.05. The van der Waals surface area contributed by atoms with Crippen LogP contribution in [0.1, 0.15) is 28.5 Å². The summed E-state index contributed by atoms with van der Waals surface area (Å²) in [5, 5.41) is 6.49. The molecule has 1 aromatic heterocycles. The molecule has 0 spiro atoms. The zero-order valence-electron chi connectivity index (χ0n) is 17.7. The molecular weight excluding hydrogens is 428 g/mol. The molecule has 12 heteroatoms. The Balaban J connectivity index is 1.78. The predicted molar refractivity (Wildman–Crippen MR) is 109 cm³/mol. The second-order valence-corrected chi connectivity index (χ2v) is 8.76. The number of carbonyl (C=O) groups excluding carboxylic acids is 1. The summed E-state index contributed by atoms with van der Waals surface area (Å²) in [5.41, 5.74) is 0.0716. The van der Waals surface area contributed by atoms with Crippen molar-refractivity contribution in [3.63, 3.8) is 0 Å². The third-order valence-corrected chi connectivity index (χ3v) is 6.60. The number of methoxy groups -OCH3 is 2. The van der Waals surface area contributed by atoms with Crippen molar-refractivity contribution in [1.29, 1.82) is 0 Å². The van der Waals surface area contributed by atoms with E-state index in [-0.39, 0.29) is 35.0 Å². The molecule has 0 aliphatic carbocycles. The van der Waals surface area contributed by atoms with Crippen LogP contribution in [0.4, 0.5) is 0 Å². The largest absolute Gasteiger partial charge is 0.493 e. The zero-order valence-corrected chi connectivity index (χ0v) is 18.5. The van der Waals surface area contributed by atoms with Crippen LogP contribution in [0.2, 0.25) is 0 Å². The van der Waals surface area contributed by atoms with Crippen LogP contribution in [0.3, 0.4) is 0 Å². The average Bonchev–Trinajstić information content (AvgIpc) is 3.21. The van der Waals surface area contributed by atoms with Crippen LogP contribution in [-0.2, 0) is 21.2 Å². The van der Waals surface area contributed by atoms with E-state index in [9.17, 15) is 13.2 Å². The maximum atomic E-state index is 13.1. The molecule has 3 rings (SSSR count). The van der Waals surface area contributed by atoms with Crippen molar-refractivity contribution in [2.75, 3.05) is 47.1 Å². The van der Waals surface area contributed by atoms with Gasteiger partial charge in [0, 0.05) is 32.1 Å². The molecule has 31 heavy (non-hydrogen) atoms. The molecule has 170 valence electrons. The van der Waals surface area contributed by atoms with E-state index in [1.54, 1.807) is 6.92 Å². The highest BCUT2D eigenvalue weighted by molar-refractivity contribution is 7.89. The zero-order chi connectivity index (χ0) is 22.4. The van der Waals surface area contributed by atoms with Gasteiger partial charge in [-0.05, 0) is 19.4 Å². The van der Waals surface area contributed by atoms with Gasteiger partial charge >= 0.3 is 0 Å². The minimum absolute atomic E-state index is 0.0430. The number of rotatable bonds is 9. The van der Waals surface area contributed by atoms with Crippen LogP contribution in [0, 0.1) is 6.92 Å². The number of ether oxygens (including phenoxy) is 3. The SMILES string of the molecule is COc1cc(S(=O)(=O)N2CCOCC2)cc(C(=O)NCCCc2nc(C)no2)c1OC. The van der Waals surface area contributed by atoms with Gasteiger partial charge in [-0.25, -0.2) is 8.42 Å². The van der Waals surface area contributed by atoms with Gasteiger partial charge in [-0.2, -0.15) is 9.29 Å². The molecule has 2 heterocycles. The summed E-state index contributed by atoms with van der Waals surface area (Å²) in [4.78, 5) is 16.9. The van der Waals surface area contributed by atoms with Gasteiger partial charge in [-0.15, -0.1) is 0 Å². The first kappa shape index (κ1) is 23.0. The monoisotopic (exact) mass is 454 g/mol.